The lowest BCUT2D eigenvalue weighted by molar-refractivity contribution is 0.102. The molecule has 0 aliphatic heterocycles. The van der Waals surface area contributed by atoms with Gasteiger partial charge in [0.25, 0.3) is 11.8 Å². The molecule has 0 fully saturated rings. The van der Waals surface area contributed by atoms with Crippen LogP contribution in [0.5, 0.6) is 5.75 Å². The number of carbonyl (C=O) groups is 1. The number of nitrogens with zero attached hydrogens (tertiary/aromatic N) is 2. The van der Waals surface area contributed by atoms with Crippen molar-refractivity contribution in [3.05, 3.63) is 71.9 Å². The first kappa shape index (κ1) is 15.7. The molecule has 6 heteroatoms. The molecule has 24 heavy (non-hydrogen) atoms. The average Bonchev–Trinajstić information content (AvgIpc) is 3.09. The van der Waals surface area contributed by atoms with Gasteiger partial charge < -0.3 is 14.6 Å². The molecular formula is C18H17N3O3. The summed E-state index contributed by atoms with van der Waals surface area (Å²) >= 11 is 0. The van der Waals surface area contributed by atoms with Crippen molar-refractivity contribution in [2.45, 2.75) is 20.0 Å². The van der Waals surface area contributed by atoms with Crippen LogP contribution in [0.4, 0.5) is 5.69 Å². The number of rotatable bonds is 6. The summed E-state index contributed by atoms with van der Waals surface area (Å²) in [4.78, 5) is 16.3. The third-order valence-electron chi connectivity index (χ3n) is 3.32. The smallest absolute Gasteiger partial charge is 0.264 e. The zero-order valence-corrected chi connectivity index (χ0v) is 13.2. The molecule has 3 aromatic rings. The Balaban J connectivity index is 1.62. The van der Waals surface area contributed by atoms with Crippen LogP contribution in [0.2, 0.25) is 0 Å². The van der Waals surface area contributed by atoms with Crippen LogP contribution < -0.4 is 10.1 Å². The van der Waals surface area contributed by atoms with E-state index in [2.05, 4.69) is 15.5 Å². The van der Waals surface area contributed by atoms with Gasteiger partial charge in [-0.25, -0.2) is 0 Å². The van der Waals surface area contributed by atoms with Crippen molar-refractivity contribution in [1.29, 1.82) is 0 Å². The van der Waals surface area contributed by atoms with Gasteiger partial charge >= 0.3 is 0 Å². The Bertz CT molecular complexity index is 815. The van der Waals surface area contributed by atoms with E-state index in [1.165, 1.54) is 0 Å². The summed E-state index contributed by atoms with van der Waals surface area (Å²) in [6, 6.07) is 16.2. The molecule has 0 aliphatic rings. The van der Waals surface area contributed by atoms with Gasteiger partial charge in [0.15, 0.2) is 12.4 Å². The fraction of sp³-hybridized carbons (Fsp3) is 0.167. The van der Waals surface area contributed by atoms with Gasteiger partial charge in [0.1, 0.15) is 5.75 Å². The molecule has 0 spiro atoms. The molecule has 0 aliphatic carbocycles. The number of ether oxygens (including phenoxy) is 1. The van der Waals surface area contributed by atoms with Crippen molar-refractivity contribution >= 4 is 11.6 Å². The molecule has 0 unspecified atom stereocenters. The minimum atomic E-state index is -0.169. The van der Waals surface area contributed by atoms with Crippen molar-refractivity contribution in [1.82, 2.24) is 10.1 Å². The molecule has 3 rings (SSSR count). The van der Waals surface area contributed by atoms with E-state index in [-0.39, 0.29) is 12.5 Å². The first-order valence-corrected chi connectivity index (χ1v) is 7.65. The molecule has 1 amide bonds. The summed E-state index contributed by atoms with van der Waals surface area (Å²) in [7, 11) is 0. The predicted octanol–water partition coefficient (Wildman–Crippen LogP) is 3.46. The summed E-state index contributed by atoms with van der Waals surface area (Å²) in [6.45, 7) is 2.14. The first-order chi connectivity index (χ1) is 11.7. The van der Waals surface area contributed by atoms with E-state index in [4.69, 9.17) is 9.26 Å². The van der Waals surface area contributed by atoms with Gasteiger partial charge in [0.2, 0.25) is 0 Å². The molecule has 0 saturated carbocycles. The largest absolute Gasteiger partial charge is 0.484 e. The Morgan fingerprint density at radius 3 is 2.75 bits per heavy atom. The van der Waals surface area contributed by atoms with Gasteiger partial charge in [-0.2, -0.15) is 4.98 Å². The maximum Gasteiger partial charge on any atom is 0.264 e. The number of hydrogen-bond acceptors (Lipinski definition) is 5. The summed E-state index contributed by atoms with van der Waals surface area (Å²) in [5.74, 6) is 1.51. The number of amides is 1. The molecule has 0 radical (unpaired) electrons. The quantitative estimate of drug-likeness (QED) is 0.751. The second-order valence-electron chi connectivity index (χ2n) is 5.09. The highest BCUT2D eigenvalue weighted by Gasteiger charge is 2.08. The fourth-order valence-electron chi connectivity index (χ4n) is 2.09. The van der Waals surface area contributed by atoms with Crippen molar-refractivity contribution < 1.29 is 14.1 Å². The van der Waals surface area contributed by atoms with E-state index in [0.29, 0.717) is 35.1 Å². The molecule has 122 valence electrons. The lowest BCUT2D eigenvalue weighted by Crippen LogP contribution is -2.11. The van der Waals surface area contributed by atoms with Crippen LogP contribution in [0.25, 0.3) is 0 Å². The van der Waals surface area contributed by atoms with Gasteiger partial charge in [-0.1, -0.05) is 36.3 Å². The van der Waals surface area contributed by atoms with E-state index >= 15 is 0 Å². The third-order valence-corrected chi connectivity index (χ3v) is 3.32. The molecule has 1 heterocycles. The van der Waals surface area contributed by atoms with Crippen LogP contribution in [0.1, 0.15) is 29.0 Å². The van der Waals surface area contributed by atoms with Crippen LogP contribution in [-0.2, 0) is 13.0 Å². The van der Waals surface area contributed by atoms with Crippen LogP contribution >= 0.6 is 0 Å². The van der Waals surface area contributed by atoms with E-state index in [0.717, 1.165) is 0 Å². The van der Waals surface area contributed by atoms with Crippen LogP contribution in [0.15, 0.2) is 59.1 Å². The lowest BCUT2D eigenvalue weighted by Gasteiger charge is -2.08. The number of hydrogen-bond donors (Lipinski definition) is 1. The van der Waals surface area contributed by atoms with E-state index in [9.17, 15) is 4.79 Å². The monoisotopic (exact) mass is 323 g/mol. The minimum Gasteiger partial charge on any atom is -0.484 e. The zero-order chi connectivity index (χ0) is 16.8. The van der Waals surface area contributed by atoms with Gasteiger partial charge in [-0.05, 0) is 24.3 Å². The molecule has 0 saturated heterocycles. The SMILES string of the molecule is CCc1noc(COc2cccc(NC(=O)c3ccccc3)c2)n1. The number of carbonyl (C=O) groups excluding carboxylic acids is 1. The standard InChI is InChI=1S/C18H17N3O3/c1-2-16-20-17(24-21-16)12-23-15-10-6-9-14(11-15)19-18(22)13-7-4-3-5-8-13/h3-11H,2,12H2,1H3,(H,19,22). The Hall–Kier alpha value is -3.15. The van der Waals surface area contributed by atoms with Crippen molar-refractivity contribution in [2.75, 3.05) is 5.32 Å². The molecule has 0 bridgehead atoms. The van der Waals surface area contributed by atoms with Gasteiger partial charge in [0.05, 0.1) is 0 Å². The van der Waals surface area contributed by atoms with Crippen LogP contribution in [0.3, 0.4) is 0 Å². The number of aryl methyl sites for hydroxylation is 1. The minimum absolute atomic E-state index is 0.169. The normalized spacial score (nSPS) is 10.4. The van der Waals surface area contributed by atoms with Crippen LogP contribution in [-0.4, -0.2) is 16.0 Å². The fourth-order valence-corrected chi connectivity index (χ4v) is 2.09. The van der Waals surface area contributed by atoms with Crippen molar-refractivity contribution in [2.24, 2.45) is 0 Å². The second kappa shape index (κ2) is 7.41. The first-order valence-electron chi connectivity index (χ1n) is 7.65. The number of nitrogens with one attached hydrogen (secondary N) is 1. The lowest BCUT2D eigenvalue weighted by atomic mass is 10.2. The van der Waals surface area contributed by atoms with Gasteiger partial charge in [0, 0.05) is 23.7 Å². The number of anilines is 1. The second-order valence-corrected chi connectivity index (χ2v) is 5.09. The van der Waals surface area contributed by atoms with E-state index in [1.807, 2.05) is 25.1 Å². The highest BCUT2D eigenvalue weighted by atomic mass is 16.5. The average molecular weight is 323 g/mol. The predicted molar refractivity (Wildman–Crippen MR) is 88.8 cm³/mol. The molecule has 2 aromatic carbocycles. The maximum absolute atomic E-state index is 12.2. The van der Waals surface area contributed by atoms with Crippen molar-refractivity contribution in [3.8, 4) is 5.75 Å². The zero-order valence-electron chi connectivity index (χ0n) is 13.2. The summed E-state index contributed by atoms with van der Waals surface area (Å²) in [5.41, 5.74) is 1.25. The Labute approximate surface area is 139 Å². The molecule has 1 aromatic heterocycles. The van der Waals surface area contributed by atoms with Gasteiger partial charge in [-0.3, -0.25) is 4.79 Å². The highest BCUT2D eigenvalue weighted by Crippen LogP contribution is 2.19. The molecular weight excluding hydrogens is 306 g/mol. The van der Waals surface area contributed by atoms with Gasteiger partial charge in [-0.15, -0.1) is 0 Å². The Morgan fingerprint density at radius 2 is 2.00 bits per heavy atom. The summed E-state index contributed by atoms with van der Waals surface area (Å²) in [6.07, 6.45) is 0.713. The summed E-state index contributed by atoms with van der Waals surface area (Å²) in [5, 5.41) is 6.65. The van der Waals surface area contributed by atoms with E-state index in [1.54, 1.807) is 36.4 Å². The molecule has 0 atom stereocenters. The molecule has 6 nitrogen and oxygen atoms in total. The number of benzene rings is 2. The maximum atomic E-state index is 12.2. The van der Waals surface area contributed by atoms with E-state index < -0.39 is 0 Å². The Morgan fingerprint density at radius 1 is 1.17 bits per heavy atom. The topological polar surface area (TPSA) is 77.3 Å². The third kappa shape index (κ3) is 3.98. The Kier molecular flexibility index (Phi) is 4.86. The van der Waals surface area contributed by atoms with Crippen LogP contribution in [0, 0.1) is 0 Å². The highest BCUT2D eigenvalue weighted by molar-refractivity contribution is 6.04. The summed E-state index contributed by atoms with van der Waals surface area (Å²) < 4.78 is 10.7. The van der Waals surface area contributed by atoms with Crippen molar-refractivity contribution in [3.63, 3.8) is 0 Å². The number of aromatic nitrogens is 2. The molecule has 1 N–H and O–H groups in total.